The van der Waals surface area contributed by atoms with Crippen molar-refractivity contribution in [2.24, 2.45) is 5.73 Å². The van der Waals surface area contributed by atoms with Gasteiger partial charge in [0.2, 0.25) is 0 Å². The van der Waals surface area contributed by atoms with Crippen LogP contribution >= 0.6 is 22.6 Å². The van der Waals surface area contributed by atoms with Gasteiger partial charge in [-0.25, -0.2) is 0 Å². The summed E-state index contributed by atoms with van der Waals surface area (Å²) < 4.78 is 1.24. The van der Waals surface area contributed by atoms with E-state index in [-0.39, 0.29) is 6.04 Å². The highest BCUT2D eigenvalue weighted by Crippen LogP contribution is 2.24. The van der Waals surface area contributed by atoms with E-state index in [4.69, 9.17) is 5.73 Å². The normalized spacial score (nSPS) is 12.5. The summed E-state index contributed by atoms with van der Waals surface area (Å²) in [6.45, 7) is 4.26. The molecule has 1 nitrogen and oxygen atoms in total. The van der Waals surface area contributed by atoms with Crippen molar-refractivity contribution in [3.63, 3.8) is 0 Å². The number of hydrogen-bond donors (Lipinski definition) is 1. The van der Waals surface area contributed by atoms with Crippen LogP contribution in [0.2, 0.25) is 0 Å². The van der Waals surface area contributed by atoms with Gasteiger partial charge >= 0.3 is 0 Å². The van der Waals surface area contributed by atoms with Gasteiger partial charge in [-0.3, -0.25) is 0 Å². The fourth-order valence-corrected chi connectivity index (χ4v) is 2.32. The van der Waals surface area contributed by atoms with E-state index in [0.29, 0.717) is 0 Å². The average molecular weight is 337 g/mol. The molecule has 0 amide bonds. The Morgan fingerprint density at radius 3 is 2.29 bits per heavy atom. The van der Waals surface area contributed by atoms with E-state index in [0.717, 1.165) is 0 Å². The third kappa shape index (κ3) is 2.69. The number of rotatable bonds is 2. The largest absolute Gasteiger partial charge is 0.320 e. The molecule has 0 fully saturated rings. The first-order valence-corrected chi connectivity index (χ1v) is 6.74. The average Bonchev–Trinajstić information content (AvgIpc) is 2.33. The van der Waals surface area contributed by atoms with Crippen molar-refractivity contribution in [2.75, 3.05) is 0 Å². The highest BCUT2D eigenvalue weighted by Gasteiger charge is 2.11. The summed E-state index contributed by atoms with van der Waals surface area (Å²) >= 11 is 2.31. The topological polar surface area (TPSA) is 26.0 Å². The molecule has 2 rings (SSSR count). The minimum Gasteiger partial charge on any atom is -0.320 e. The molecule has 17 heavy (non-hydrogen) atoms. The van der Waals surface area contributed by atoms with Crippen molar-refractivity contribution in [3.05, 3.63) is 68.3 Å². The lowest BCUT2D eigenvalue weighted by atomic mass is 9.93. The predicted octanol–water partition coefficient (Wildman–Crippen LogP) is 3.96. The first-order chi connectivity index (χ1) is 8.09. The standard InChI is InChI=1S/C15H16IN/c1-10-4-3-5-14(11(10)2)15(17)12-6-8-13(16)9-7-12/h3-9,15H,17H2,1-2H3. The Balaban J connectivity index is 2.40. The minimum atomic E-state index is -0.0353. The zero-order valence-corrected chi connectivity index (χ0v) is 12.2. The highest BCUT2D eigenvalue weighted by molar-refractivity contribution is 14.1. The molecule has 0 radical (unpaired) electrons. The zero-order chi connectivity index (χ0) is 12.4. The molecule has 1 atom stereocenters. The Bertz CT molecular complexity index is 517. The maximum absolute atomic E-state index is 6.33. The number of halogens is 1. The molecule has 0 aliphatic rings. The summed E-state index contributed by atoms with van der Waals surface area (Å²) in [6.07, 6.45) is 0. The maximum atomic E-state index is 6.33. The van der Waals surface area contributed by atoms with Crippen LogP contribution in [0.4, 0.5) is 0 Å². The third-order valence-corrected chi connectivity index (χ3v) is 3.93. The molecular formula is C15H16IN. The van der Waals surface area contributed by atoms with Gasteiger partial charge in [-0.2, -0.15) is 0 Å². The molecule has 0 heterocycles. The first-order valence-electron chi connectivity index (χ1n) is 5.67. The molecule has 2 heteroatoms. The van der Waals surface area contributed by atoms with E-state index in [2.05, 4.69) is 78.9 Å². The quantitative estimate of drug-likeness (QED) is 0.825. The van der Waals surface area contributed by atoms with Crippen LogP contribution in [0.3, 0.4) is 0 Å². The molecule has 0 bridgehead atoms. The molecule has 2 N–H and O–H groups in total. The van der Waals surface area contributed by atoms with Crippen molar-refractivity contribution >= 4 is 22.6 Å². The monoisotopic (exact) mass is 337 g/mol. The highest BCUT2D eigenvalue weighted by atomic mass is 127. The van der Waals surface area contributed by atoms with Crippen LogP contribution in [-0.4, -0.2) is 0 Å². The summed E-state index contributed by atoms with van der Waals surface area (Å²) in [7, 11) is 0. The number of hydrogen-bond acceptors (Lipinski definition) is 1. The van der Waals surface area contributed by atoms with Crippen molar-refractivity contribution in [1.29, 1.82) is 0 Å². The second-order valence-corrected chi connectivity index (χ2v) is 5.56. The van der Waals surface area contributed by atoms with E-state index >= 15 is 0 Å². The number of benzene rings is 2. The SMILES string of the molecule is Cc1cccc(C(N)c2ccc(I)cc2)c1C. The third-order valence-electron chi connectivity index (χ3n) is 3.21. The summed E-state index contributed by atoms with van der Waals surface area (Å²) in [5, 5.41) is 0. The fourth-order valence-electron chi connectivity index (χ4n) is 1.96. The van der Waals surface area contributed by atoms with E-state index in [1.807, 2.05) is 0 Å². The lowest BCUT2D eigenvalue weighted by molar-refractivity contribution is 0.858. The molecule has 0 aliphatic heterocycles. The summed E-state index contributed by atoms with van der Waals surface area (Å²) in [5.74, 6) is 0. The first kappa shape index (κ1) is 12.6. The van der Waals surface area contributed by atoms with Crippen molar-refractivity contribution in [2.45, 2.75) is 19.9 Å². The summed E-state index contributed by atoms with van der Waals surface area (Å²) in [5.41, 5.74) is 11.3. The zero-order valence-electron chi connectivity index (χ0n) is 10.1. The van der Waals surface area contributed by atoms with E-state index in [9.17, 15) is 0 Å². The minimum absolute atomic E-state index is 0.0353. The Morgan fingerprint density at radius 2 is 1.65 bits per heavy atom. The lowest BCUT2D eigenvalue weighted by Crippen LogP contribution is -2.13. The van der Waals surface area contributed by atoms with Crippen LogP contribution in [0.15, 0.2) is 42.5 Å². The van der Waals surface area contributed by atoms with Crippen molar-refractivity contribution < 1.29 is 0 Å². The Morgan fingerprint density at radius 1 is 1.00 bits per heavy atom. The smallest absolute Gasteiger partial charge is 0.0554 e. The van der Waals surface area contributed by atoms with E-state index in [1.54, 1.807) is 0 Å². The Hall–Kier alpha value is -0.870. The van der Waals surface area contributed by atoms with Gasteiger partial charge in [0, 0.05) is 3.57 Å². The van der Waals surface area contributed by atoms with Gasteiger partial charge in [0.1, 0.15) is 0 Å². The van der Waals surface area contributed by atoms with Crippen LogP contribution in [0.25, 0.3) is 0 Å². The molecule has 0 spiro atoms. The summed E-state index contributed by atoms with van der Waals surface area (Å²) in [4.78, 5) is 0. The fraction of sp³-hybridized carbons (Fsp3) is 0.200. The number of nitrogens with two attached hydrogens (primary N) is 1. The van der Waals surface area contributed by atoms with Gasteiger partial charge in [0.15, 0.2) is 0 Å². The molecule has 0 aromatic heterocycles. The van der Waals surface area contributed by atoms with Crippen LogP contribution in [0, 0.1) is 17.4 Å². The van der Waals surface area contributed by atoms with Crippen LogP contribution < -0.4 is 5.73 Å². The van der Waals surface area contributed by atoms with E-state index in [1.165, 1.54) is 25.8 Å². The second-order valence-electron chi connectivity index (χ2n) is 4.32. The molecule has 0 saturated carbocycles. The van der Waals surface area contributed by atoms with Crippen molar-refractivity contribution in [3.8, 4) is 0 Å². The molecular weight excluding hydrogens is 321 g/mol. The van der Waals surface area contributed by atoms with Crippen LogP contribution in [-0.2, 0) is 0 Å². The second kappa shape index (κ2) is 5.19. The van der Waals surface area contributed by atoms with Gasteiger partial charge in [0.05, 0.1) is 6.04 Å². The molecule has 0 aliphatic carbocycles. The van der Waals surface area contributed by atoms with E-state index < -0.39 is 0 Å². The van der Waals surface area contributed by atoms with Crippen LogP contribution in [0.5, 0.6) is 0 Å². The molecule has 88 valence electrons. The van der Waals surface area contributed by atoms with Gasteiger partial charge in [0.25, 0.3) is 0 Å². The Labute approximate surface area is 116 Å². The van der Waals surface area contributed by atoms with Gasteiger partial charge in [-0.05, 0) is 70.8 Å². The van der Waals surface area contributed by atoms with Crippen molar-refractivity contribution in [1.82, 2.24) is 0 Å². The van der Waals surface area contributed by atoms with Gasteiger partial charge in [-0.1, -0.05) is 30.3 Å². The molecule has 1 unspecified atom stereocenters. The summed E-state index contributed by atoms with van der Waals surface area (Å²) in [6, 6.07) is 14.7. The van der Waals surface area contributed by atoms with Gasteiger partial charge < -0.3 is 5.73 Å². The van der Waals surface area contributed by atoms with Crippen LogP contribution in [0.1, 0.15) is 28.3 Å². The number of aryl methyl sites for hydroxylation is 1. The van der Waals surface area contributed by atoms with Gasteiger partial charge in [-0.15, -0.1) is 0 Å². The lowest BCUT2D eigenvalue weighted by Gasteiger charge is -2.16. The Kier molecular flexibility index (Phi) is 3.84. The predicted molar refractivity (Wildman–Crippen MR) is 81.1 cm³/mol. The maximum Gasteiger partial charge on any atom is 0.0554 e. The molecule has 0 saturated heterocycles. The molecule has 2 aromatic carbocycles. The molecule has 2 aromatic rings.